The second-order valence-electron chi connectivity index (χ2n) is 1.84. The van der Waals surface area contributed by atoms with Crippen molar-refractivity contribution in [2.45, 2.75) is 18.1 Å². The summed E-state index contributed by atoms with van der Waals surface area (Å²) in [6, 6.07) is 1.60. The van der Waals surface area contributed by atoms with Crippen molar-refractivity contribution >= 4 is 18.6 Å². The Morgan fingerprint density at radius 2 is 1.91 bits per heavy atom. The molecule has 0 saturated carbocycles. The van der Waals surface area contributed by atoms with Gasteiger partial charge in [0.25, 0.3) is 0 Å². The van der Waals surface area contributed by atoms with E-state index in [1.807, 2.05) is 0 Å². The summed E-state index contributed by atoms with van der Waals surface area (Å²) in [6.07, 6.45) is -0.447. The van der Waals surface area contributed by atoms with Crippen molar-refractivity contribution in [3.63, 3.8) is 0 Å². The maximum absolute atomic E-state index is 11.6. The molecular weight excluding hydrogens is 204 g/mol. The van der Waals surface area contributed by atoms with E-state index >= 15 is 0 Å². The van der Waals surface area contributed by atoms with Gasteiger partial charge in [-0.1, -0.05) is 0 Å². The van der Waals surface area contributed by atoms with Gasteiger partial charge in [0.2, 0.25) is 0 Å². The molecule has 1 atom stereocenters. The second kappa shape index (κ2) is 6.75. The molecule has 0 aliphatic heterocycles. The first-order chi connectivity index (χ1) is 4.48. The third-order valence-corrected chi connectivity index (χ3v) is 1.45. The largest absolute Gasteiger partial charge is 1.00 e. The van der Waals surface area contributed by atoms with Crippen molar-refractivity contribution in [3.8, 4) is 6.07 Å². The molecule has 0 heterocycles. The molecule has 0 rings (SSSR count). The predicted molar refractivity (Wildman–Crippen MR) is 33.6 cm³/mol. The van der Waals surface area contributed by atoms with Crippen LogP contribution in [-0.2, 0) is 0 Å². The fourth-order valence-electron chi connectivity index (χ4n) is 0.391. The number of alkyl halides is 1. The molecule has 0 aromatic carbocycles. The molecule has 11 heavy (non-hydrogen) atoms. The zero-order chi connectivity index (χ0) is 8.20. The van der Waals surface area contributed by atoms with Gasteiger partial charge in [-0.3, -0.25) is 0 Å². The Morgan fingerprint density at radius 3 is 2.18 bits per heavy atom. The third kappa shape index (κ3) is 7.63. The van der Waals surface area contributed by atoms with E-state index in [9.17, 15) is 12.9 Å². The normalized spacial score (nSPS) is 13.0. The van der Waals surface area contributed by atoms with Crippen LogP contribution in [0.15, 0.2) is 0 Å². The van der Waals surface area contributed by atoms with Crippen molar-refractivity contribution < 1.29 is 64.3 Å². The van der Waals surface area contributed by atoms with Gasteiger partial charge in [0.05, 0.1) is 6.07 Å². The first-order valence-corrected chi connectivity index (χ1v) is 3.13. The van der Waals surface area contributed by atoms with Gasteiger partial charge in [0.1, 0.15) is 0 Å². The maximum Gasteiger partial charge on any atom is 1.00 e. The van der Waals surface area contributed by atoms with Crippen molar-refractivity contribution in [1.29, 1.82) is 5.26 Å². The van der Waals surface area contributed by atoms with E-state index in [-0.39, 0.29) is 64.2 Å². The van der Waals surface area contributed by atoms with E-state index in [0.29, 0.717) is 0 Å². The topological polar surface area (TPSA) is 23.8 Å². The summed E-state index contributed by atoms with van der Waals surface area (Å²) in [7, 11) is 0. The summed E-state index contributed by atoms with van der Waals surface area (Å²) >= 11 is 4.89. The van der Waals surface area contributed by atoms with Crippen molar-refractivity contribution in [3.05, 3.63) is 0 Å². The first-order valence-electron chi connectivity index (χ1n) is 2.69. The number of hydrogen-bond donors (Lipinski definition) is 0. The Morgan fingerprint density at radius 1 is 1.45 bits per heavy atom. The molecule has 0 bridgehead atoms. The molecule has 1 unspecified atom stereocenters. The summed E-state index contributed by atoms with van der Waals surface area (Å²) in [5, 5.41) is 6.09. The van der Waals surface area contributed by atoms with E-state index in [1.165, 1.54) is 0 Å². The molecule has 0 saturated heterocycles. The van der Waals surface area contributed by atoms with Crippen LogP contribution in [0.2, 0.25) is 0 Å². The summed E-state index contributed by atoms with van der Waals surface area (Å²) in [4.78, 5) is 0. The molecule has 58 valence electrons. The van der Waals surface area contributed by atoms with Crippen LogP contribution in [0.4, 0.5) is 12.9 Å². The van der Waals surface area contributed by atoms with Crippen LogP contribution in [0.5, 0.6) is 0 Å². The molecule has 7 heteroatoms. The zero-order valence-corrected chi connectivity index (χ0v) is 9.91. The van der Waals surface area contributed by atoms with Crippen molar-refractivity contribution in [2.75, 3.05) is 0 Å². The fourth-order valence-corrected chi connectivity index (χ4v) is 0.501. The Labute approximate surface area is 111 Å². The van der Waals surface area contributed by atoms with E-state index < -0.39 is 12.3 Å². The zero-order valence-electron chi connectivity index (χ0n) is 6.03. The minimum Gasteiger partial charge on any atom is -0.448 e. The van der Waals surface area contributed by atoms with E-state index in [1.54, 1.807) is 6.07 Å². The Kier molecular flexibility index (Phi) is 9.07. The quantitative estimate of drug-likeness (QED) is 0.445. The van der Waals surface area contributed by atoms with Crippen LogP contribution in [0.1, 0.15) is 12.8 Å². The van der Waals surface area contributed by atoms with Gasteiger partial charge in [-0.2, -0.15) is 16.9 Å². The fraction of sp³-hybridized carbons (Fsp3) is 0.750. The van der Waals surface area contributed by atoms with Crippen molar-refractivity contribution in [1.82, 2.24) is 0 Å². The molecule has 0 N–H and O–H groups in total. The molecular formula is C4H5BClF3KN. The molecule has 0 spiro atoms. The molecule has 1 nitrogen and oxygen atoms in total. The smallest absolute Gasteiger partial charge is 0.448 e. The SMILES string of the molecule is N#CCCC(Cl)[B-](F)(F)F.[K+]. The van der Waals surface area contributed by atoms with Crippen LogP contribution < -0.4 is 51.4 Å². The predicted octanol–water partition coefficient (Wildman–Crippen LogP) is -0.712. The molecule has 0 aliphatic carbocycles. The van der Waals surface area contributed by atoms with Gasteiger partial charge in [0, 0.05) is 11.7 Å². The van der Waals surface area contributed by atoms with Gasteiger partial charge >= 0.3 is 58.4 Å². The minimum absolute atomic E-state index is 0. The maximum atomic E-state index is 11.6. The molecule has 0 aromatic heterocycles. The van der Waals surface area contributed by atoms with Gasteiger partial charge in [-0.05, 0) is 6.42 Å². The van der Waals surface area contributed by atoms with Crippen LogP contribution in [-0.4, -0.2) is 12.3 Å². The van der Waals surface area contributed by atoms with Gasteiger partial charge in [0.15, 0.2) is 0 Å². The standard InChI is InChI=1S/C4H5BClF3N.K/c6-4(2-1-3-10)5(7,8)9;/h4H,1-2H2;/q-1;+1. The van der Waals surface area contributed by atoms with Gasteiger partial charge in [-0.15, -0.1) is 0 Å². The minimum atomic E-state index is -4.96. The van der Waals surface area contributed by atoms with E-state index in [2.05, 4.69) is 0 Å². The van der Waals surface area contributed by atoms with Crippen LogP contribution in [0, 0.1) is 11.3 Å². The third-order valence-electron chi connectivity index (χ3n) is 0.942. The number of halogens is 4. The van der Waals surface area contributed by atoms with Gasteiger partial charge < -0.3 is 12.9 Å². The van der Waals surface area contributed by atoms with Crippen LogP contribution in [0.3, 0.4) is 0 Å². The molecule has 0 radical (unpaired) electrons. The monoisotopic (exact) mass is 209 g/mol. The Hall–Kier alpha value is 1.27. The average molecular weight is 209 g/mol. The number of rotatable bonds is 3. The summed E-state index contributed by atoms with van der Waals surface area (Å²) in [5.41, 5.74) is 0. The molecule has 0 amide bonds. The molecule has 0 aliphatic rings. The number of nitriles is 1. The first kappa shape index (κ1) is 14.8. The van der Waals surface area contributed by atoms with E-state index in [0.717, 1.165) is 0 Å². The van der Waals surface area contributed by atoms with Gasteiger partial charge in [-0.25, -0.2) is 0 Å². The summed E-state index contributed by atoms with van der Waals surface area (Å²) in [5.74, 6) is 0. The summed E-state index contributed by atoms with van der Waals surface area (Å²) in [6.45, 7) is -4.96. The second-order valence-corrected chi connectivity index (χ2v) is 2.40. The Bertz CT molecular complexity index is 145. The number of nitrogens with zero attached hydrogens (tertiary/aromatic N) is 1. The Balaban J connectivity index is 0. The molecule has 0 fully saturated rings. The van der Waals surface area contributed by atoms with E-state index in [4.69, 9.17) is 16.9 Å². The summed E-state index contributed by atoms with van der Waals surface area (Å²) < 4.78 is 34.8. The average Bonchev–Trinajstić information content (AvgIpc) is 1.80. The van der Waals surface area contributed by atoms with Crippen molar-refractivity contribution in [2.24, 2.45) is 0 Å². The number of hydrogen-bond acceptors (Lipinski definition) is 1. The molecule has 0 aromatic rings. The van der Waals surface area contributed by atoms with Crippen LogP contribution in [0.25, 0.3) is 0 Å². The van der Waals surface area contributed by atoms with Crippen LogP contribution >= 0.6 is 11.6 Å².